The molecule has 2 aromatic heterocycles. The van der Waals surface area contributed by atoms with Crippen LogP contribution in [-0.4, -0.2) is 35.4 Å². The number of esters is 1. The van der Waals surface area contributed by atoms with Crippen molar-refractivity contribution in [2.24, 2.45) is 0 Å². The molecular formula is C24H20ClN3O5S. The molecule has 4 rings (SSSR count). The molecule has 0 aliphatic heterocycles. The van der Waals surface area contributed by atoms with Gasteiger partial charge in [-0.2, -0.15) is 9.78 Å². The number of hydrogen-bond acceptors (Lipinski definition) is 7. The van der Waals surface area contributed by atoms with Crippen molar-refractivity contribution in [3.8, 4) is 11.4 Å². The molecule has 8 nitrogen and oxygen atoms in total. The third kappa shape index (κ3) is 4.66. The topological polar surface area (TPSA) is 99.5 Å². The summed E-state index contributed by atoms with van der Waals surface area (Å²) in [5, 5.41) is 9.95. The average molecular weight is 498 g/mol. The average Bonchev–Trinajstić information content (AvgIpc) is 3.25. The highest BCUT2D eigenvalue weighted by atomic mass is 35.5. The van der Waals surface area contributed by atoms with Crippen LogP contribution in [0.5, 0.6) is 5.75 Å². The lowest BCUT2D eigenvalue weighted by Crippen LogP contribution is -2.25. The van der Waals surface area contributed by atoms with Gasteiger partial charge in [0.15, 0.2) is 5.69 Å². The number of hydrogen-bond donors (Lipinski definition) is 1. The lowest BCUT2D eigenvalue weighted by molar-refractivity contribution is -0.115. The number of amides is 1. The number of ether oxygens (including phenoxy) is 2. The van der Waals surface area contributed by atoms with Crippen LogP contribution in [0.1, 0.15) is 23.0 Å². The van der Waals surface area contributed by atoms with Gasteiger partial charge in [-0.3, -0.25) is 9.59 Å². The molecule has 0 atom stereocenters. The van der Waals surface area contributed by atoms with Crippen molar-refractivity contribution in [3.63, 3.8) is 0 Å². The van der Waals surface area contributed by atoms with Gasteiger partial charge in [0.2, 0.25) is 5.91 Å². The van der Waals surface area contributed by atoms with Gasteiger partial charge in [0, 0.05) is 15.8 Å². The predicted molar refractivity (Wildman–Crippen MR) is 132 cm³/mol. The monoisotopic (exact) mass is 497 g/mol. The minimum atomic E-state index is -0.665. The molecule has 0 aliphatic rings. The fourth-order valence-corrected chi connectivity index (χ4v) is 4.53. The lowest BCUT2D eigenvalue weighted by atomic mass is 10.1. The number of carbonyl (C=O) groups is 2. The Labute approximate surface area is 203 Å². The number of fused-ring (bicyclic) bond motifs is 1. The minimum absolute atomic E-state index is 0.0184. The van der Waals surface area contributed by atoms with Gasteiger partial charge in [0.25, 0.3) is 5.56 Å². The summed E-state index contributed by atoms with van der Waals surface area (Å²) in [6.45, 7) is 1.83. The van der Waals surface area contributed by atoms with Gasteiger partial charge in [-0.05, 0) is 42.8 Å². The number of halogens is 1. The van der Waals surface area contributed by atoms with E-state index in [0.717, 1.165) is 16.0 Å². The SMILES string of the molecule is CCOC(=O)c1nn(-c2ccc(OC)cc2)c(=O)c2c(NC(=O)Cc3ccccc3Cl)scc12. The van der Waals surface area contributed by atoms with E-state index >= 15 is 0 Å². The van der Waals surface area contributed by atoms with Crippen LogP contribution < -0.4 is 15.6 Å². The second-order valence-electron chi connectivity index (χ2n) is 7.15. The highest BCUT2D eigenvalue weighted by molar-refractivity contribution is 7.16. The van der Waals surface area contributed by atoms with E-state index in [1.54, 1.807) is 60.8 Å². The number of aromatic nitrogens is 2. The molecular weight excluding hydrogens is 478 g/mol. The van der Waals surface area contributed by atoms with Crippen LogP contribution in [0.25, 0.3) is 16.5 Å². The molecule has 174 valence electrons. The van der Waals surface area contributed by atoms with Crippen molar-refractivity contribution in [2.75, 3.05) is 19.0 Å². The maximum atomic E-state index is 13.4. The molecule has 0 radical (unpaired) electrons. The summed E-state index contributed by atoms with van der Waals surface area (Å²) in [6.07, 6.45) is 0.0293. The summed E-state index contributed by atoms with van der Waals surface area (Å²) in [6, 6.07) is 13.7. The first-order valence-electron chi connectivity index (χ1n) is 10.3. The lowest BCUT2D eigenvalue weighted by Gasteiger charge is -2.10. The van der Waals surface area contributed by atoms with Crippen LogP contribution in [0, 0.1) is 0 Å². The van der Waals surface area contributed by atoms with Crippen molar-refractivity contribution in [1.82, 2.24) is 9.78 Å². The van der Waals surface area contributed by atoms with Crippen LogP contribution in [0.4, 0.5) is 5.00 Å². The number of thiophene rings is 1. The Balaban J connectivity index is 1.80. The maximum Gasteiger partial charge on any atom is 0.359 e. The summed E-state index contributed by atoms with van der Waals surface area (Å²) in [4.78, 5) is 38.8. The van der Waals surface area contributed by atoms with E-state index in [0.29, 0.717) is 32.4 Å². The zero-order valence-electron chi connectivity index (χ0n) is 18.3. The third-order valence-corrected chi connectivity index (χ3v) is 6.26. The summed E-state index contributed by atoms with van der Waals surface area (Å²) in [7, 11) is 1.54. The number of carbonyl (C=O) groups excluding carboxylic acids is 2. The summed E-state index contributed by atoms with van der Waals surface area (Å²) >= 11 is 7.30. The summed E-state index contributed by atoms with van der Waals surface area (Å²) in [5.74, 6) is -0.408. The van der Waals surface area contributed by atoms with Crippen LogP contribution >= 0.6 is 22.9 Å². The molecule has 10 heteroatoms. The highest BCUT2D eigenvalue weighted by Gasteiger charge is 2.23. The van der Waals surface area contributed by atoms with Crippen LogP contribution in [0.2, 0.25) is 5.02 Å². The molecule has 0 bridgehead atoms. The Hall–Kier alpha value is -3.69. The van der Waals surface area contributed by atoms with Gasteiger partial charge in [-0.1, -0.05) is 29.8 Å². The van der Waals surface area contributed by atoms with E-state index in [1.807, 2.05) is 0 Å². The standard InChI is InChI=1S/C24H20ClN3O5S/c1-3-33-24(31)21-17-13-34-22(26-19(29)12-14-6-4-5-7-18(14)25)20(17)23(30)28(27-21)15-8-10-16(32-2)11-9-15/h4-11,13H,3,12H2,1-2H3,(H,26,29). The molecule has 2 heterocycles. The Morgan fingerprint density at radius 2 is 1.88 bits per heavy atom. The largest absolute Gasteiger partial charge is 0.497 e. The molecule has 4 aromatic rings. The van der Waals surface area contributed by atoms with E-state index in [-0.39, 0.29) is 30.0 Å². The Bertz CT molecular complexity index is 1430. The fraction of sp³-hybridized carbons (Fsp3) is 0.167. The molecule has 0 aliphatic carbocycles. The summed E-state index contributed by atoms with van der Waals surface area (Å²) in [5.41, 5.74) is 0.586. The molecule has 1 amide bonds. The minimum Gasteiger partial charge on any atom is -0.497 e. The Kier molecular flexibility index (Phi) is 6.95. The van der Waals surface area contributed by atoms with E-state index in [9.17, 15) is 14.4 Å². The number of anilines is 1. The second kappa shape index (κ2) is 10.1. The van der Waals surface area contributed by atoms with Gasteiger partial charge >= 0.3 is 5.97 Å². The molecule has 2 aromatic carbocycles. The van der Waals surface area contributed by atoms with E-state index in [4.69, 9.17) is 21.1 Å². The first kappa shape index (κ1) is 23.5. The second-order valence-corrected chi connectivity index (χ2v) is 8.44. The first-order chi connectivity index (χ1) is 16.4. The van der Waals surface area contributed by atoms with Crippen LogP contribution in [0.3, 0.4) is 0 Å². The van der Waals surface area contributed by atoms with Crippen LogP contribution in [-0.2, 0) is 16.0 Å². The van der Waals surface area contributed by atoms with Crippen molar-refractivity contribution in [3.05, 3.63) is 80.5 Å². The predicted octanol–water partition coefficient (Wildman–Crippen LogP) is 4.47. The van der Waals surface area contributed by atoms with Gasteiger partial charge < -0.3 is 14.8 Å². The van der Waals surface area contributed by atoms with Gasteiger partial charge in [0.1, 0.15) is 10.8 Å². The van der Waals surface area contributed by atoms with Gasteiger partial charge in [-0.25, -0.2) is 4.79 Å². The van der Waals surface area contributed by atoms with Crippen LogP contribution in [0.15, 0.2) is 58.7 Å². The maximum absolute atomic E-state index is 13.4. The first-order valence-corrected chi connectivity index (χ1v) is 11.6. The highest BCUT2D eigenvalue weighted by Crippen LogP contribution is 2.31. The zero-order valence-corrected chi connectivity index (χ0v) is 19.9. The van der Waals surface area contributed by atoms with E-state index in [2.05, 4.69) is 10.4 Å². The molecule has 0 unspecified atom stereocenters. The Morgan fingerprint density at radius 1 is 1.15 bits per heavy atom. The molecule has 0 saturated carbocycles. The molecule has 0 spiro atoms. The number of nitrogens with one attached hydrogen (secondary N) is 1. The number of methoxy groups -OCH3 is 1. The fourth-order valence-electron chi connectivity index (χ4n) is 3.38. The smallest absolute Gasteiger partial charge is 0.359 e. The zero-order chi connectivity index (χ0) is 24.2. The third-order valence-electron chi connectivity index (χ3n) is 5.00. The quantitative estimate of drug-likeness (QED) is 0.378. The van der Waals surface area contributed by atoms with Crippen molar-refractivity contribution in [1.29, 1.82) is 0 Å². The molecule has 34 heavy (non-hydrogen) atoms. The number of rotatable bonds is 7. The van der Waals surface area contributed by atoms with E-state index < -0.39 is 11.5 Å². The number of nitrogens with zero attached hydrogens (tertiary/aromatic N) is 2. The van der Waals surface area contributed by atoms with Crippen molar-refractivity contribution in [2.45, 2.75) is 13.3 Å². The van der Waals surface area contributed by atoms with E-state index in [1.165, 1.54) is 7.11 Å². The molecule has 1 N–H and O–H groups in total. The normalized spacial score (nSPS) is 10.8. The Morgan fingerprint density at radius 3 is 2.56 bits per heavy atom. The number of benzene rings is 2. The van der Waals surface area contributed by atoms with Gasteiger partial charge in [0.05, 0.1) is 31.2 Å². The van der Waals surface area contributed by atoms with Gasteiger partial charge in [-0.15, -0.1) is 11.3 Å². The summed E-state index contributed by atoms with van der Waals surface area (Å²) < 4.78 is 11.4. The molecule has 0 saturated heterocycles. The van der Waals surface area contributed by atoms with Crippen molar-refractivity contribution >= 4 is 50.6 Å². The van der Waals surface area contributed by atoms with Crippen molar-refractivity contribution < 1.29 is 19.1 Å². The molecule has 0 fully saturated rings.